The summed E-state index contributed by atoms with van der Waals surface area (Å²) in [6, 6.07) is 10.1. The SMILES string of the molecule is CCc1c(C(=O)N2CCN(CC(=O)NC(C)CC)CC2)cnn1-c1ccccc1. The normalized spacial score (nSPS) is 15.9. The molecule has 1 aliphatic heterocycles. The van der Waals surface area contributed by atoms with Crippen LogP contribution in [0.4, 0.5) is 0 Å². The number of amides is 2. The minimum absolute atomic E-state index is 0.0211. The summed E-state index contributed by atoms with van der Waals surface area (Å²) in [5.41, 5.74) is 2.55. The minimum Gasteiger partial charge on any atom is -0.353 e. The van der Waals surface area contributed by atoms with Gasteiger partial charge in [-0.15, -0.1) is 0 Å². The lowest BCUT2D eigenvalue weighted by Gasteiger charge is -2.34. The van der Waals surface area contributed by atoms with E-state index in [2.05, 4.69) is 22.2 Å². The highest BCUT2D eigenvalue weighted by Crippen LogP contribution is 2.18. The molecule has 3 rings (SSSR count). The Morgan fingerprint density at radius 3 is 2.41 bits per heavy atom. The quantitative estimate of drug-likeness (QED) is 0.777. The molecule has 1 unspecified atom stereocenters. The fraction of sp³-hybridized carbons (Fsp3) is 0.500. The molecule has 1 aromatic carbocycles. The van der Waals surface area contributed by atoms with Gasteiger partial charge in [0, 0.05) is 32.2 Å². The zero-order valence-corrected chi connectivity index (χ0v) is 17.6. The second-order valence-electron chi connectivity index (χ2n) is 7.55. The molecule has 7 heteroatoms. The van der Waals surface area contributed by atoms with Crippen LogP contribution in [0.1, 0.15) is 43.2 Å². The van der Waals surface area contributed by atoms with Crippen LogP contribution in [-0.4, -0.2) is 70.2 Å². The fourth-order valence-corrected chi connectivity index (χ4v) is 3.59. The molecule has 1 aromatic heterocycles. The molecule has 0 radical (unpaired) electrons. The molecule has 1 fully saturated rings. The fourth-order valence-electron chi connectivity index (χ4n) is 3.59. The van der Waals surface area contributed by atoms with Gasteiger partial charge in [0.15, 0.2) is 0 Å². The number of aromatic nitrogens is 2. The van der Waals surface area contributed by atoms with E-state index in [9.17, 15) is 9.59 Å². The number of hydrogen-bond acceptors (Lipinski definition) is 4. The predicted octanol–water partition coefficient (Wildman–Crippen LogP) is 2.11. The zero-order valence-electron chi connectivity index (χ0n) is 17.6. The van der Waals surface area contributed by atoms with Crippen LogP contribution in [0.2, 0.25) is 0 Å². The van der Waals surface area contributed by atoms with Crippen LogP contribution >= 0.6 is 0 Å². The van der Waals surface area contributed by atoms with Gasteiger partial charge in [-0.05, 0) is 31.9 Å². The molecule has 29 heavy (non-hydrogen) atoms. The maximum atomic E-state index is 13.1. The van der Waals surface area contributed by atoms with Gasteiger partial charge >= 0.3 is 0 Å². The molecular weight excluding hydrogens is 366 g/mol. The summed E-state index contributed by atoms with van der Waals surface area (Å²) in [4.78, 5) is 29.2. The van der Waals surface area contributed by atoms with Crippen molar-refractivity contribution in [3.8, 4) is 5.69 Å². The molecule has 156 valence electrons. The number of para-hydroxylation sites is 1. The van der Waals surface area contributed by atoms with Crippen molar-refractivity contribution in [3.63, 3.8) is 0 Å². The average Bonchev–Trinajstić information content (AvgIpc) is 3.18. The van der Waals surface area contributed by atoms with Crippen molar-refractivity contribution < 1.29 is 9.59 Å². The van der Waals surface area contributed by atoms with Crippen LogP contribution in [0.25, 0.3) is 5.69 Å². The van der Waals surface area contributed by atoms with Gasteiger partial charge < -0.3 is 10.2 Å². The summed E-state index contributed by atoms with van der Waals surface area (Å²) in [6.45, 7) is 9.14. The van der Waals surface area contributed by atoms with E-state index in [-0.39, 0.29) is 17.9 Å². The Hall–Kier alpha value is -2.67. The van der Waals surface area contributed by atoms with Gasteiger partial charge in [-0.25, -0.2) is 4.68 Å². The lowest BCUT2D eigenvalue weighted by Crippen LogP contribution is -2.51. The number of rotatable bonds is 7. The molecule has 1 aliphatic rings. The second-order valence-corrected chi connectivity index (χ2v) is 7.55. The molecule has 2 amide bonds. The Morgan fingerprint density at radius 1 is 1.10 bits per heavy atom. The first kappa shape index (κ1) is 21.0. The van der Waals surface area contributed by atoms with Gasteiger partial charge in [-0.1, -0.05) is 32.0 Å². The number of piperazine rings is 1. The second kappa shape index (κ2) is 9.69. The predicted molar refractivity (Wildman–Crippen MR) is 113 cm³/mol. The Bertz CT molecular complexity index is 825. The van der Waals surface area contributed by atoms with E-state index in [1.165, 1.54) is 0 Å². The first-order chi connectivity index (χ1) is 14.0. The molecular formula is C22H31N5O2. The molecule has 7 nitrogen and oxygen atoms in total. The van der Waals surface area contributed by atoms with E-state index in [0.29, 0.717) is 38.3 Å². The molecule has 1 saturated heterocycles. The van der Waals surface area contributed by atoms with E-state index in [1.54, 1.807) is 6.20 Å². The van der Waals surface area contributed by atoms with E-state index in [1.807, 2.05) is 53.8 Å². The maximum Gasteiger partial charge on any atom is 0.257 e. The first-order valence-electron chi connectivity index (χ1n) is 10.5. The number of nitrogens with zero attached hydrogens (tertiary/aromatic N) is 4. The highest BCUT2D eigenvalue weighted by molar-refractivity contribution is 5.95. The van der Waals surface area contributed by atoms with E-state index in [0.717, 1.165) is 24.2 Å². The highest BCUT2D eigenvalue weighted by Gasteiger charge is 2.26. The number of nitrogens with one attached hydrogen (secondary N) is 1. The molecule has 0 aliphatic carbocycles. The molecule has 0 saturated carbocycles. The first-order valence-corrected chi connectivity index (χ1v) is 10.5. The molecule has 2 heterocycles. The van der Waals surface area contributed by atoms with Crippen LogP contribution in [0.5, 0.6) is 0 Å². The van der Waals surface area contributed by atoms with Crippen LogP contribution in [0, 0.1) is 0 Å². The number of benzene rings is 1. The molecule has 1 N–H and O–H groups in total. The van der Waals surface area contributed by atoms with Crippen molar-refractivity contribution in [2.75, 3.05) is 32.7 Å². The van der Waals surface area contributed by atoms with Crippen molar-refractivity contribution in [3.05, 3.63) is 47.8 Å². The van der Waals surface area contributed by atoms with Crippen molar-refractivity contribution >= 4 is 11.8 Å². The summed E-state index contributed by atoms with van der Waals surface area (Å²) >= 11 is 0. The molecule has 2 aromatic rings. The van der Waals surface area contributed by atoms with Gasteiger partial charge in [-0.3, -0.25) is 14.5 Å². The Kier molecular flexibility index (Phi) is 7.04. The lowest BCUT2D eigenvalue weighted by atomic mass is 10.1. The van der Waals surface area contributed by atoms with E-state index >= 15 is 0 Å². The van der Waals surface area contributed by atoms with Gasteiger partial charge in [0.1, 0.15) is 0 Å². The minimum atomic E-state index is 0.0211. The molecule has 0 spiro atoms. The standard InChI is InChI=1S/C22H31N5O2/c1-4-17(3)24-21(28)16-25-11-13-26(14-12-25)22(29)19-15-23-27(20(19)5-2)18-9-7-6-8-10-18/h6-10,15,17H,4-5,11-14,16H2,1-3H3,(H,24,28). The van der Waals surface area contributed by atoms with Crippen LogP contribution in [0.3, 0.4) is 0 Å². The van der Waals surface area contributed by atoms with Gasteiger partial charge in [0.05, 0.1) is 29.7 Å². The van der Waals surface area contributed by atoms with Crippen LogP contribution in [0.15, 0.2) is 36.5 Å². The third kappa shape index (κ3) is 5.03. The summed E-state index contributed by atoms with van der Waals surface area (Å²) in [5, 5.41) is 7.47. The summed E-state index contributed by atoms with van der Waals surface area (Å²) in [6.07, 6.45) is 3.33. The number of carbonyl (C=O) groups excluding carboxylic acids is 2. The average molecular weight is 398 g/mol. The molecule has 0 bridgehead atoms. The summed E-state index contributed by atoms with van der Waals surface area (Å²) in [5.74, 6) is 0.0734. The van der Waals surface area contributed by atoms with Crippen molar-refractivity contribution in [1.29, 1.82) is 0 Å². The Balaban J connectivity index is 1.61. The zero-order chi connectivity index (χ0) is 20.8. The maximum absolute atomic E-state index is 13.1. The van der Waals surface area contributed by atoms with Crippen molar-refractivity contribution in [1.82, 2.24) is 24.9 Å². The van der Waals surface area contributed by atoms with Gasteiger partial charge in [0.25, 0.3) is 5.91 Å². The highest BCUT2D eigenvalue weighted by atomic mass is 16.2. The monoisotopic (exact) mass is 397 g/mol. The van der Waals surface area contributed by atoms with E-state index < -0.39 is 0 Å². The third-order valence-electron chi connectivity index (χ3n) is 5.48. The van der Waals surface area contributed by atoms with Crippen LogP contribution < -0.4 is 5.32 Å². The van der Waals surface area contributed by atoms with Crippen molar-refractivity contribution in [2.45, 2.75) is 39.7 Å². The summed E-state index contributed by atoms with van der Waals surface area (Å²) < 4.78 is 1.85. The number of hydrogen-bond donors (Lipinski definition) is 1. The van der Waals surface area contributed by atoms with E-state index in [4.69, 9.17) is 0 Å². The molecule has 1 atom stereocenters. The smallest absolute Gasteiger partial charge is 0.257 e. The van der Waals surface area contributed by atoms with Crippen molar-refractivity contribution in [2.24, 2.45) is 0 Å². The van der Waals surface area contributed by atoms with Gasteiger partial charge in [-0.2, -0.15) is 5.10 Å². The largest absolute Gasteiger partial charge is 0.353 e. The van der Waals surface area contributed by atoms with Gasteiger partial charge in [0.2, 0.25) is 5.91 Å². The topological polar surface area (TPSA) is 70.5 Å². The number of carbonyl (C=O) groups is 2. The van der Waals surface area contributed by atoms with Crippen LogP contribution in [-0.2, 0) is 11.2 Å². The Morgan fingerprint density at radius 2 is 1.79 bits per heavy atom. The lowest BCUT2D eigenvalue weighted by molar-refractivity contribution is -0.123. The summed E-state index contributed by atoms with van der Waals surface area (Å²) in [7, 11) is 0. The third-order valence-corrected chi connectivity index (χ3v) is 5.48. The Labute approximate surface area is 172 Å².